The molecule has 0 bridgehead atoms. The maximum atomic E-state index is 5.49. The molecule has 0 aromatic carbocycles. The minimum atomic E-state index is 0.278. The molecule has 0 aliphatic rings. The van der Waals surface area contributed by atoms with Crippen molar-refractivity contribution in [2.24, 2.45) is 5.92 Å². The zero-order valence-corrected chi connectivity index (χ0v) is 12.5. The summed E-state index contributed by atoms with van der Waals surface area (Å²) in [4.78, 5) is 4.36. The van der Waals surface area contributed by atoms with Crippen molar-refractivity contribution >= 4 is 21.7 Å². The Labute approximate surface area is 112 Å². The van der Waals surface area contributed by atoms with Gasteiger partial charge in [0.2, 0.25) is 0 Å². The molecule has 0 amide bonds. The number of aromatic nitrogens is 1. The molecule has 0 aliphatic carbocycles. The smallest absolute Gasteiger partial charge is 0.140 e. The van der Waals surface area contributed by atoms with E-state index in [0.717, 1.165) is 16.9 Å². The first-order valence-corrected chi connectivity index (χ1v) is 6.81. The Balaban J connectivity index is 2.75. The predicted molar refractivity (Wildman–Crippen MR) is 75.4 cm³/mol. The fourth-order valence-corrected chi connectivity index (χ4v) is 1.81. The third-order valence-electron chi connectivity index (χ3n) is 2.71. The molecule has 1 atom stereocenters. The number of pyridine rings is 1. The first kappa shape index (κ1) is 14.5. The van der Waals surface area contributed by atoms with Gasteiger partial charge in [-0.3, -0.25) is 0 Å². The lowest BCUT2D eigenvalue weighted by atomic mass is 10.1. The molecule has 0 fully saturated rings. The Bertz CT molecular complexity index is 355. The summed E-state index contributed by atoms with van der Waals surface area (Å²) >= 11 is 3.56. The number of halogens is 1. The molecule has 0 saturated carbocycles. The Hall–Kier alpha value is -0.610. The van der Waals surface area contributed by atoms with Gasteiger partial charge in [-0.05, 0) is 47.3 Å². The van der Waals surface area contributed by atoms with Crippen molar-refractivity contribution in [1.82, 2.24) is 4.98 Å². The monoisotopic (exact) mass is 300 g/mol. The second-order valence-corrected chi connectivity index (χ2v) is 5.24. The molecule has 4 heteroatoms. The number of anilines is 1. The third kappa shape index (κ3) is 4.28. The van der Waals surface area contributed by atoms with Crippen molar-refractivity contribution in [3.63, 3.8) is 0 Å². The van der Waals surface area contributed by atoms with Gasteiger partial charge < -0.3 is 10.1 Å². The standard InChI is InChI=1S/C13H21BrN2O/c1-5-17-8-11(9(2)3)16-13-12(14)10(4)6-7-15-13/h6-7,9,11H,5,8H2,1-4H3,(H,15,16). The van der Waals surface area contributed by atoms with Gasteiger partial charge in [-0.15, -0.1) is 0 Å². The topological polar surface area (TPSA) is 34.1 Å². The van der Waals surface area contributed by atoms with E-state index in [2.05, 4.69) is 47.0 Å². The van der Waals surface area contributed by atoms with Crippen LogP contribution in [0, 0.1) is 12.8 Å². The van der Waals surface area contributed by atoms with E-state index in [1.54, 1.807) is 0 Å². The summed E-state index contributed by atoms with van der Waals surface area (Å²) in [5.74, 6) is 1.39. The normalized spacial score (nSPS) is 12.8. The molecule has 1 rings (SSSR count). The van der Waals surface area contributed by atoms with Gasteiger partial charge in [-0.1, -0.05) is 13.8 Å². The summed E-state index contributed by atoms with van der Waals surface area (Å²) in [6.07, 6.45) is 1.82. The van der Waals surface area contributed by atoms with Crippen LogP contribution in [-0.4, -0.2) is 24.2 Å². The van der Waals surface area contributed by atoms with Gasteiger partial charge in [0.15, 0.2) is 0 Å². The Kier molecular flexibility index (Phi) is 5.92. The van der Waals surface area contributed by atoms with Gasteiger partial charge in [-0.2, -0.15) is 0 Å². The van der Waals surface area contributed by atoms with Crippen LogP contribution < -0.4 is 5.32 Å². The van der Waals surface area contributed by atoms with E-state index in [1.165, 1.54) is 5.56 Å². The van der Waals surface area contributed by atoms with E-state index in [0.29, 0.717) is 12.5 Å². The minimum Gasteiger partial charge on any atom is -0.380 e. The zero-order chi connectivity index (χ0) is 12.8. The van der Waals surface area contributed by atoms with Crippen LogP contribution in [-0.2, 0) is 4.74 Å². The van der Waals surface area contributed by atoms with Gasteiger partial charge in [0.05, 0.1) is 17.1 Å². The summed E-state index contributed by atoms with van der Waals surface area (Å²) in [5, 5.41) is 3.44. The van der Waals surface area contributed by atoms with Crippen LogP contribution >= 0.6 is 15.9 Å². The van der Waals surface area contributed by atoms with Gasteiger partial charge in [0.25, 0.3) is 0 Å². The Morgan fingerprint density at radius 3 is 2.76 bits per heavy atom. The van der Waals surface area contributed by atoms with Gasteiger partial charge >= 0.3 is 0 Å². The molecule has 0 spiro atoms. The lowest BCUT2D eigenvalue weighted by Gasteiger charge is -2.23. The molecular weight excluding hydrogens is 280 g/mol. The number of nitrogens with zero attached hydrogens (tertiary/aromatic N) is 1. The maximum absolute atomic E-state index is 5.49. The molecule has 1 unspecified atom stereocenters. The van der Waals surface area contributed by atoms with Crippen molar-refractivity contribution in [3.05, 3.63) is 22.3 Å². The van der Waals surface area contributed by atoms with Gasteiger partial charge in [0.1, 0.15) is 5.82 Å². The van der Waals surface area contributed by atoms with E-state index in [1.807, 2.05) is 19.2 Å². The van der Waals surface area contributed by atoms with Crippen molar-refractivity contribution in [1.29, 1.82) is 0 Å². The van der Waals surface area contributed by atoms with Crippen molar-refractivity contribution < 1.29 is 4.74 Å². The first-order chi connectivity index (χ1) is 8.06. The van der Waals surface area contributed by atoms with Crippen LogP contribution in [0.5, 0.6) is 0 Å². The van der Waals surface area contributed by atoms with E-state index in [4.69, 9.17) is 4.74 Å². The molecule has 1 aromatic rings. The second kappa shape index (κ2) is 6.97. The largest absolute Gasteiger partial charge is 0.380 e. The zero-order valence-electron chi connectivity index (χ0n) is 11.0. The number of rotatable bonds is 6. The first-order valence-electron chi connectivity index (χ1n) is 6.01. The SMILES string of the molecule is CCOCC(Nc1nccc(C)c1Br)C(C)C. The summed E-state index contributed by atoms with van der Waals surface area (Å²) in [6, 6.07) is 2.27. The number of hydrogen-bond acceptors (Lipinski definition) is 3. The molecular formula is C13H21BrN2O. The van der Waals surface area contributed by atoms with Crippen molar-refractivity contribution in [3.8, 4) is 0 Å². The molecule has 96 valence electrons. The summed E-state index contributed by atoms with van der Waals surface area (Å²) in [5.41, 5.74) is 1.18. The Morgan fingerprint density at radius 1 is 1.47 bits per heavy atom. The minimum absolute atomic E-state index is 0.278. The number of nitrogens with one attached hydrogen (secondary N) is 1. The van der Waals surface area contributed by atoms with Gasteiger partial charge in [0, 0.05) is 12.8 Å². The van der Waals surface area contributed by atoms with Crippen LogP contribution in [0.15, 0.2) is 16.7 Å². The van der Waals surface area contributed by atoms with Crippen molar-refractivity contribution in [2.45, 2.75) is 33.7 Å². The van der Waals surface area contributed by atoms with E-state index >= 15 is 0 Å². The van der Waals surface area contributed by atoms with Crippen LogP contribution in [0.1, 0.15) is 26.3 Å². The Morgan fingerprint density at radius 2 is 2.18 bits per heavy atom. The predicted octanol–water partition coefficient (Wildman–Crippen LogP) is 3.63. The maximum Gasteiger partial charge on any atom is 0.140 e. The highest BCUT2D eigenvalue weighted by molar-refractivity contribution is 9.10. The molecule has 17 heavy (non-hydrogen) atoms. The highest BCUT2D eigenvalue weighted by Gasteiger charge is 2.15. The summed E-state index contributed by atoms with van der Waals surface area (Å²) in [7, 11) is 0. The fraction of sp³-hybridized carbons (Fsp3) is 0.615. The molecule has 0 saturated heterocycles. The molecule has 1 N–H and O–H groups in total. The van der Waals surface area contributed by atoms with E-state index in [-0.39, 0.29) is 6.04 Å². The van der Waals surface area contributed by atoms with Gasteiger partial charge in [-0.25, -0.2) is 4.98 Å². The number of hydrogen-bond donors (Lipinski definition) is 1. The van der Waals surface area contributed by atoms with Crippen LogP contribution in [0.3, 0.4) is 0 Å². The molecule has 0 radical (unpaired) electrons. The van der Waals surface area contributed by atoms with Crippen LogP contribution in [0.25, 0.3) is 0 Å². The van der Waals surface area contributed by atoms with Crippen molar-refractivity contribution in [2.75, 3.05) is 18.5 Å². The summed E-state index contributed by atoms with van der Waals surface area (Å²) < 4.78 is 6.52. The van der Waals surface area contributed by atoms with E-state index in [9.17, 15) is 0 Å². The highest BCUT2D eigenvalue weighted by Crippen LogP contribution is 2.24. The molecule has 1 heterocycles. The number of ether oxygens (including phenoxy) is 1. The van der Waals surface area contributed by atoms with E-state index < -0.39 is 0 Å². The molecule has 3 nitrogen and oxygen atoms in total. The average Bonchev–Trinajstić information content (AvgIpc) is 2.29. The second-order valence-electron chi connectivity index (χ2n) is 4.44. The third-order valence-corrected chi connectivity index (χ3v) is 3.71. The summed E-state index contributed by atoms with van der Waals surface area (Å²) in [6.45, 7) is 9.88. The molecule has 1 aromatic heterocycles. The van der Waals surface area contributed by atoms with Crippen LogP contribution in [0.4, 0.5) is 5.82 Å². The highest BCUT2D eigenvalue weighted by atomic mass is 79.9. The lowest BCUT2D eigenvalue weighted by molar-refractivity contribution is 0.126. The van der Waals surface area contributed by atoms with Crippen LogP contribution in [0.2, 0.25) is 0 Å². The number of aryl methyl sites for hydroxylation is 1. The average molecular weight is 301 g/mol. The lowest BCUT2D eigenvalue weighted by Crippen LogP contribution is -2.31. The quantitative estimate of drug-likeness (QED) is 0.871. The molecule has 0 aliphatic heterocycles. The fourth-order valence-electron chi connectivity index (χ4n) is 1.46.